The third kappa shape index (κ3) is 2.42. The van der Waals surface area contributed by atoms with Gasteiger partial charge in [-0.2, -0.15) is 0 Å². The van der Waals surface area contributed by atoms with Gasteiger partial charge in [0.05, 0.1) is 16.8 Å². The van der Waals surface area contributed by atoms with Crippen LogP contribution >= 0.6 is 11.8 Å². The summed E-state index contributed by atoms with van der Waals surface area (Å²) >= 11 is 1.90. The van der Waals surface area contributed by atoms with Crippen LogP contribution in [-0.4, -0.2) is 4.98 Å². The maximum absolute atomic E-state index is 5.12. The predicted octanol–water partition coefficient (Wildman–Crippen LogP) is 8.90. The third-order valence-electron chi connectivity index (χ3n) is 8.38. The first-order valence-corrected chi connectivity index (χ1v) is 13.7. The molecule has 8 rings (SSSR count). The summed E-state index contributed by atoms with van der Waals surface area (Å²) in [5.41, 5.74) is 12.0. The van der Waals surface area contributed by atoms with E-state index in [1.165, 1.54) is 60.1 Å². The smallest absolute Gasteiger partial charge is 0.142 e. The Kier molecular flexibility index (Phi) is 4.14. The van der Waals surface area contributed by atoms with Gasteiger partial charge < -0.3 is 0 Å². The van der Waals surface area contributed by atoms with Gasteiger partial charge in [0.1, 0.15) is 5.82 Å². The summed E-state index contributed by atoms with van der Waals surface area (Å²) in [5, 5.41) is 0. The quantitative estimate of drug-likeness (QED) is 0.237. The highest BCUT2D eigenvalue weighted by Crippen LogP contribution is 2.66. The van der Waals surface area contributed by atoms with Crippen LogP contribution in [0.5, 0.6) is 0 Å². The molecule has 4 aromatic rings. The Hall–Kier alpha value is -3.56. The number of anilines is 3. The van der Waals surface area contributed by atoms with Gasteiger partial charge in [-0.05, 0) is 76.4 Å². The molecule has 2 nitrogen and oxygen atoms in total. The number of para-hydroxylation sites is 1. The predicted molar refractivity (Wildman–Crippen MR) is 149 cm³/mol. The van der Waals surface area contributed by atoms with Crippen LogP contribution in [0.2, 0.25) is 0 Å². The molecule has 1 aromatic heterocycles. The Morgan fingerprint density at radius 2 is 1.75 bits per heavy atom. The molecule has 36 heavy (non-hydrogen) atoms. The van der Waals surface area contributed by atoms with Gasteiger partial charge in [-0.3, -0.25) is 4.90 Å². The molecule has 0 bridgehead atoms. The van der Waals surface area contributed by atoms with Crippen LogP contribution in [-0.2, 0) is 5.41 Å². The standard InChI is InChI=1S/C33H26N2S/c1-20(2)21-16-17-29-28(19-21)35-31-26(13-7-15-30(31)36-29)33(27-14-8-18-34-32(27)35)24-11-5-3-9-22(24)23-10-4-6-12-25(23)33/h3-5,7-11,13-20H,6,12H2,1-2H3. The van der Waals surface area contributed by atoms with E-state index in [0.29, 0.717) is 5.92 Å². The molecule has 2 aliphatic carbocycles. The molecular weight excluding hydrogens is 456 g/mol. The first kappa shape index (κ1) is 20.6. The van der Waals surface area contributed by atoms with Gasteiger partial charge in [0.15, 0.2) is 0 Å². The number of allylic oxidation sites excluding steroid dienone is 4. The molecule has 4 aliphatic rings. The molecular formula is C33H26N2S. The number of aromatic nitrogens is 1. The average Bonchev–Trinajstić information content (AvgIpc) is 3.22. The topological polar surface area (TPSA) is 16.1 Å². The SMILES string of the molecule is CC(C)c1ccc2c(c1)N1c3ncccc3C3(C4=C(C=CCC4)c4ccccc43)c3cccc(c31)S2. The Morgan fingerprint density at radius 1 is 0.889 bits per heavy atom. The molecule has 2 aliphatic heterocycles. The molecule has 0 fully saturated rings. The van der Waals surface area contributed by atoms with Crippen molar-refractivity contribution in [2.24, 2.45) is 0 Å². The Labute approximate surface area is 216 Å². The van der Waals surface area contributed by atoms with Crippen molar-refractivity contribution in [1.29, 1.82) is 0 Å². The molecule has 1 atom stereocenters. The average molecular weight is 483 g/mol. The van der Waals surface area contributed by atoms with Gasteiger partial charge in [0, 0.05) is 21.6 Å². The minimum Gasteiger partial charge on any atom is -0.292 e. The highest BCUT2D eigenvalue weighted by Gasteiger charge is 2.54. The van der Waals surface area contributed by atoms with Crippen LogP contribution in [0.15, 0.2) is 107 Å². The summed E-state index contributed by atoms with van der Waals surface area (Å²) in [6, 6.07) is 27.4. The van der Waals surface area contributed by atoms with Crippen molar-refractivity contribution >= 4 is 34.5 Å². The second-order valence-corrected chi connectivity index (χ2v) is 11.6. The van der Waals surface area contributed by atoms with Crippen molar-refractivity contribution in [3.05, 3.63) is 125 Å². The van der Waals surface area contributed by atoms with Gasteiger partial charge in [-0.25, -0.2) is 4.98 Å². The lowest BCUT2D eigenvalue weighted by Gasteiger charge is -2.47. The van der Waals surface area contributed by atoms with E-state index in [1.807, 2.05) is 18.0 Å². The lowest BCUT2D eigenvalue weighted by atomic mass is 9.63. The van der Waals surface area contributed by atoms with E-state index in [2.05, 4.69) is 104 Å². The summed E-state index contributed by atoms with van der Waals surface area (Å²) < 4.78 is 0. The number of nitrogens with zero attached hydrogens (tertiary/aromatic N) is 2. The normalized spacial score (nSPS) is 20.2. The van der Waals surface area contributed by atoms with Crippen molar-refractivity contribution in [3.63, 3.8) is 0 Å². The van der Waals surface area contributed by atoms with Crippen LogP contribution in [0.25, 0.3) is 5.57 Å². The van der Waals surface area contributed by atoms with Crippen LogP contribution in [0, 0.1) is 0 Å². The van der Waals surface area contributed by atoms with Crippen LogP contribution < -0.4 is 4.90 Å². The minimum absolute atomic E-state index is 0.310. The summed E-state index contributed by atoms with van der Waals surface area (Å²) in [7, 11) is 0. The Balaban J connectivity index is 1.52. The zero-order chi connectivity index (χ0) is 24.0. The van der Waals surface area contributed by atoms with E-state index in [-0.39, 0.29) is 5.41 Å². The second kappa shape index (κ2) is 7.24. The van der Waals surface area contributed by atoms with Crippen molar-refractivity contribution in [3.8, 4) is 0 Å². The zero-order valence-corrected chi connectivity index (χ0v) is 21.3. The summed E-state index contributed by atoms with van der Waals surface area (Å²) in [6.07, 6.45) is 8.82. The highest BCUT2D eigenvalue weighted by atomic mass is 32.2. The van der Waals surface area contributed by atoms with E-state index in [4.69, 9.17) is 4.98 Å². The first-order valence-electron chi connectivity index (χ1n) is 12.9. The van der Waals surface area contributed by atoms with E-state index in [1.54, 1.807) is 0 Å². The van der Waals surface area contributed by atoms with Crippen LogP contribution in [0.4, 0.5) is 17.2 Å². The molecule has 1 spiro atoms. The highest BCUT2D eigenvalue weighted by molar-refractivity contribution is 7.99. The molecule has 174 valence electrons. The molecule has 0 radical (unpaired) electrons. The number of hydrogen-bond acceptors (Lipinski definition) is 3. The summed E-state index contributed by atoms with van der Waals surface area (Å²) in [5.74, 6) is 1.54. The van der Waals surface area contributed by atoms with Gasteiger partial charge >= 0.3 is 0 Å². The molecule has 0 saturated carbocycles. The number of fused-ring (bicyclic) bond motifs is 10. The molecule has 3 aromatic carbocycles. The Bertz CT molecular complexity index is 1660. The van der Waals surface area contributed by atoms with E-state index < -0.39 is 0 Å². The fourth-order valence-electron chi connectivity index (χ4n) is 6.89. The largest absolute Gasteiger partial charge is 0.292 e. The zero-order valence-electron chi connectivity index (χ0n) is 20.5. The second-order valence-electron chi connectivity index (χ2n) is 10.5. The van der Waals surface area contributed by atoms with E-state index in [0.717, 1.165) is 18.7 Å². The molecule has 0 amide bonds. The number of hydrogen-bond donors (Lipinski definition) is 0. The van der Waals surface area contributed by atoms with E-state index >= 15 is 0 Å². The van der Waals surface area contributed by atoms with Gasteiger partial charge in [0.25, 0.3) is 0 Å². The first-order chi connectivity index (χ1) is 17.7. The number of rotatable bonds is 1. The van der Waals surface area contributed by atoms with Crippen LogP contribution in [0.3, 0.4) is 0 Å². The monoisotopic (exact) mass is 482 g/mol. The molecule has 3 heterocycles. The fourth-order valence-corrected chi connectivity index (χ4v) is 7.97. The maximum Gasteiger partial charge on any atom is 0.142 e. The molecule has 0 saturated heterocycles. The number of pyridine rings is 1. The molecule has 1 unspecified atom stereocenters. The van der Waals surface area contributed by atoms with Crippen molar-refractivity contribution in [2.45, 2.75) is 47.8 Å². The summed E-state index contributed by atoms with van der Waals surface area (Å²) in [6.45, 7) is 4.54. The van der Waals surface area contributed by atoms with E-state index in [9.17, 15) is 0 Å². The molecule has 3 heteroatoms. The van der Waals surface area contributed by atoms with Crippen molar-refractivity contribution in [1.82, 2.24) is 4.98 Å². The van der Waals surface area contributed by atoms with Gasteiger partial charge in [0.2, 0.25) is 0 Å². The molecule has 0 N–H and O–H groups in total. The fraction of sp³-hybridized carbons (Fsp3) is 0.182. The third-order valence-corrected chi connectivity index (χ3v) is 9.50. The lowest BCUT2D eigenvalue weighted by molar-refractivity contribution is 0.678. The van der Waals surface area contributed by atoms with Crippen molar-refractivity contribution < 1.29 is 0 Å². The summed E-state index contributed by atoms with van der Waals surface area (Å²) in [4.78, 5) is 10.2. The Morgan fingerprint density at radius 3 is 2.67 bits per heavy atom. The van der Waals surface area contributed by atoms with Gasteiger partial charge in [-0.1, -0.05) is 86.3 Å². The van der Waals surface area contributed by atoms with Gasteiger partial charge in [-0.15, -0.1) is 0 Å². The minimum atomic E-state index is -0.310. The maximum atomic E-state index is 5.12. The van der Waals surface area contributed by atoms with Crippen molar-refractivity contribution in [2.75, 3.05) is 4.90 Å². The lowest BCUT2D eigenvalue weighted by Crippen LogP contribution is -2.38. The number of benzene rings is 3. The van der Waals surface area contributed by atoms with Crippen LogP contribution in [0.1, 0.15) is 60.4 Å².